The van der Waals surface area contributed by atoms with Crippen molar-refractivity contribution < 1.29 is 14.3 Å². The Labute approximate surface area is 157 Å². The number of benzene rings is 2. The van der Waals surface area contributed by atoms with Gasteiger partial charge in [0.2, 0.25) is 5.91 Å². The molecule has 0 unspecified atom stereocenters. The van der Waals surface area contributed by atoms with Gasteiger partial charge in [-0.2, -0.15) is 0 Å². The van der Waals surface area contributed by atoms with Crippen molar-refractivity contribution >= 4 is 49.4 Å². The summed E-state index contributed by atoms with van der Waals surface area (Å²) in [5, 5.41) is 5.28. The van der Waals surface area contributed by atoms with E-state index in [1.807, 2.05) is 37.3 Å². The van der Waals surface area contributed by atoms with Crippen molar-refractivity contribution in [1.82, 2.24) is 5.32 Å². The first-order valence-electron chi connectivity index (χ1n) is 7.16. The molecule has 0 fully saturated rings. The zero-order valence-corrected chi connectivity index (χ0v) is 16.1. The van der Waals surface area contributed by atoms with Crippen LogP contribution in [0.1, 0.15) is 5.56 Å². The number of halogens is 2. The Kier molecular flexibility index (Phi) is 6.81. The van der Waals surface area contributed by atoms with Gasteiger partial charge < -0.3 is 15.4 Å². The molecule has 0 radical (unpaired) electrons. The van der Waals surface area contributed by atoms with Gasteiger partial charge in [0.1, 0.15) is 5.75 Å². The molecule has 0 bridgehead atoms. The number of aryl methyl sites for hydroxylation is 1. The highest BCUT2D eigenvalue weighted by Gasteiger charge is 2.09. The predicted molar refractivity (Wildman–Crippen MR) is 100 cm³/mol. The average molecular weight is 456 g/mol. The second-order valence-corrected chi connectivity index (χ2v) is 6.77. The first-order valence-corrected chi connectivity index (χ1v) is 8.74. The number of anilines is 1. The minimum atomic E-state index is -0.367. The molecule has 0 saturated carbocycles. The van der Waals surface area contributed by atoms with Gasteiger partial charge in [0.05, 0.1) is 11.0 Å². The lowest BCUT2D eigenvalue weighted by atomic mass is 10.2. The molecule has 24 heavy (non-hydrogen) atoms. The predicted octanol–water partition coefficient (Wildman–Crippen LogP) is 3.65. The topological polar surface area (TPSA) is 67.4 Å². The minimum absolute atomic E-state index is 0.117. The molecule has 0 saturated heterocycles. The summed E-state index contributed by atoms with van der Waals surface area (Å²) in [4.78, 5) is 23.7. The fourth-order valence-electron chi connectivity index (χ4n) is 1.90. The molecule has 2 N–H and O–H groups in total. The van der Waals surface area contributed by atoms with Crippen molar-refractivity contribution in [3.05, 3.63) is 57.0 Å². The van der Waals surface area contributed by atoms with Gasteiger partial charge in [-0.15, -0.1) is 0 Å². The van der Waals surface area contributed by atoms with Crippen LogP contribution in [0.15, 0.2) is 51.4 Å². The fraction of sp³-hybridized carbons (Fsp3) is 0.176. The molecular weight excluding hydrogens is 440 g/mol. The Hall–Kier alpha value is -1.86. The Bertz CT molecular complexity index is 750. The molecule has 7 heteroatoms. The standard InChI is InChI=1S/C17H16Br2N2O3/c1-11-8-12(18)6-7-14(11)21-16(22)9-20-17(23)10-24-15-5-3-2-4-13(15)19/h2-8H,9-10H2,1H3,(H,20,23)(H,21,22). The van der Waals surface area contributed by atoms with Crippen molar-refractivity contribution in [2.24, 2.45) is 0 Å². The molecule has 2 aromatic carbocycles. The molecule has 2 aromatic rings. The third-order valence-corrected chi connectivity index (χ3v) is 4.25. The lowest BCUT2D eigenvalue weighted by molar-refractivity contribution is -0.125. The number of rotatable bonds is 6. The molecule has 0 heterocycles. The monoisotopic (exact) mass is 454 g/mol. The van der Waals surface area contributed by atoms with E-state index in [1.165, 1.54) is 0 Å². The Morgan fingerprint density at radius 3 is 2.54 bits per heavy atom. The maximum absolute atomic E-state index is 11.9. The molecule has 126 valence electrons. The summed E-state index contributed by atoms with van der Waals surface area (Å²) < 4.78 is 7.09. The zero-order valence-electron chi connectivity index (χ0n) is 12.9. The summed E-state index contributed by atoms with van der Waals surface area (Å²) in [5.41, 5.74) is 1.64. The summed E-state index contributed by atoms with van der Waals surface area (Å²) in [6.45, 7) is 1.62. The first kappa shape index (κ1) is 18.5. The van der Waals surface area contributed by atoms with Gasteiger partial charge in [0, 0.05) is 10.2 Å². The smallest absolute Gasteiger partial charge is 0.258 e. The average Bonchev–Trinajstić information content (AvgIpc) is 2.55. The van der Waals surface area contributed by atoms with Crippen LogP contribution >= 0.6 is 31.9 Å². The van der Waals surface area contributed by atoms with E-state index >= 15 is 0 Å². The van der Waals surface area contributed by atoms with Gasteiger partial charge in [-0.3, -0.25) is 9.59 Å². The Morgan fingerprint density at radius 2 is 1.83 bits per heavy atom. The number of carbonyl (C=O) groups is 2. The molecule has 0 aliphatic heterocycles. The molecule has 0 atom stereocenters. The van der Waals surface area contributed by atoms with Crippen molar-refractivity contribution in [2.45, 2.75) is 6.92 Å². The highest BCUT2D eigenvalue weighted by Crippen LogP contribution is 2.23. The maximum atomic E-state index is 11.9. The molecular formula is C17H16Br2N2O3. The van der Waals surface area contributed by atoms with E-state index < -0.39 is 0 Å². The van der Waals surface area contributed by atoms with Crippen LogP contribution in [0.4, 0.5) is 5.69 Å². The number of hydrogen-bond donors (Lipinski definition) is 2. The van der Waals surface area contributed by atoms with E-state index in [0.717, 1.165) is 14.5 Å². The van der Waals surface area contributed by atoms with Crippen LogP contribution in [-0.2, 0) is 9.59 Å². The maximum Gasteiger partial charge on any atom is 0.258 e. The quantitative estimate of drug-likeness (QED) is 0.698. The minimum Gasteiger partial charge on any atom is -0.483 e. The first-order chi connectivity index (χ1) is 11.5. The van der Waals surface area contributed by atoms with E-state index in [1.54, 1.807) is 12.1 Å². The van der Waals surface area contributed by atoms with Gasteiger partial charge in [-0.1, -0.05) is 28.1 Å². The van der Waals surface area contributed by atoms with E-state index in [-0.39, 0.29) is 25.0 Å². The zero-order chi connectivity index (χ0) is 17.5. The Morgan fingerprint density at radius 1 is 1.08 bits per heavy atom. The fourth-order valence-corrected chi connectivity index (χ4v) is 2.77. The van der Waals surface area contributed by atoms with Gasteiger partial charge in [-0.05, 0) is 58.7 Å². The number of hydrogen-bond acceptors (Lipinski definition) is 3. The van der Waals surface area contributed by atoms with E-state index in [4.69, 9.17) is 4.74 Å². The number of ether oxygens (including phenoxy) is 1. The summed E-state index contributed by atoms with van der Waals surface area (Å²) in [6, 6.07) is 12.8. The lowest BCUT2D eigenvalue weighted by Crippen LogP contribution is -2.35. The van der Waals surface area contributed by atoms with Gasteiger partial charge in [0.15, 0.2) is 6.61 Å². The molecule has 0 spiro atoms. The molecule has 2 rings (SSSR count). The molecule has 5 nitrogen and oxygen atoms in total. The highest BCUT2D eigenvalue weighted by molar-refractivity contribution is 9.10. The number of nitrogens with one attached hydrogen (secondary N) is 2. The molecule has 0 aliphatic carbocycles. The summed E-state index contributed by atoms with van der Waals surface area (Å²) in [5.74, 6) is -0.0920. The van der Waals surface area contributed by atoms with E-state index in [2.05, 4.69) is 42.5 Å². The van der Waals surface area contributed by atoms with Crippen molar-refractivity contribution in [3.8, 4) is 5.75 Å². The van der Waals surface area contributed by atoms with E-state index in [0.29, 0.717) is 11.4 Å². The number of amides is 2. The molecule has 2 amide bonds. The van der Waals surface area contributed by atoms with Crippen LogP contribution in [0.3, 0.4) is 0 Å². The van der Waals surface area contributed by atoms with Gasteiger partial charge >= 0.3 is 0 Å². The second kappa shape index (κ2) is 8.84. The summed E-state index contributed by atoms with van der Waals surface area (Å²) >= 11 is 6.70. The van der Waals surface area contributed by atoms with Gasteiger partial charge in [-0.25, -0.2) is 0 Å². The summed E-state index contributed by atoms with van der Waals surface area (Å²) in [6.07, 6.45) is 0. The van der Waals surface area contributed by atoms with Crippen LogP contribution in [0.2, 0.25) is 0 Å². The summed E-state index contributed by atoms with van der Waals surface area (Å²) in [7, 11) is 0. The van der Waals surface area contributed by atoms with Crippen LogP contribution in [0, 0.1) is 6.92 Å². The largest absolute Gasteiger partial charge is 0.483 e. The highest BCUT2D eigenvalue weighted by atomic mass is 79.9. The number of para-hydroxylation sites is 1. The third kappa shape index (κ3) is 5.65. The van der Waals surface area contributed by atoms with E-state index in [9.17, 15) is 9.59 Å². The second-order valence-electron chi connectivity index (χ2n) is 5.00. The van der Waals surface area contributed by atoms with Crippen molar-refractivity contribution in [3.63, 3.8) is 0 Å². The molecule has 0 aromatic heterocycles. The van der Waals surface area contributed by atoms with Crippen LogP contribution in [0.5, 0.6) is 5.75 Å². The van der Waals surface area contributed by atoms with Crippen LogP contribution in [0.25, 0.3) is 0 Å². The Balaban J connectivity index is 1.77. The third-order valence-electron chi connectivity index (χ3n) is 3.10. The van der Waals surface area contributed by atoms with Crippen LogP contribution in [-0.4, -0.2) is 25.0 Å². The molecule has 0 aliphatic rings. The lowest BCUT2D eigenvalue weighted by Gasteiger charge is -2.10. The van der Waals surface area contributed by atoms with Crippen LogP contribution < -0.4 is 15.4 Å². The normalized spacial score (nSPS) is 10.1. The SMILES string of the molecule is Cc1cc(Br)ccc1NC(=O)CNC(=O)COc1ccccc1Br. The van der Waals surface area contributed by atoms with Gasteiger partial charge in [0.25, 0.3) is 5.91 Å². The number of carbonyl (C=O) groups excluding carboxylic acids is 2. The van der Waals surface area contributed by atoms with Crippen molar-refractivity contribution in [2.75, 3.05) is 18.5 Å². The van der Waals surface area contributed by atoms with Crippen molar-refractivity contribution in [1.29, 1.82) is 0 Å².